The van der Waals surface area contributed by atoms with E-state index in [4.69, 9.17) is 0 Å². The molecule has 0 amide bonds. The van der Waals surface area contributed by atoms with E-state index in [0.717, 1.165) is 31.0 Å². The quantitative estimate of drug-likeness (QED) is 0.717. The molecule has 2 aromatic rings. The first-order chi connectivity index (χ1) is 7.45. The van der Waals surface area contributed by atoms with Crippen molar-refractivity contribution in [3.05, 3.63) is 36.5 Å². The van der Waals surface area contributed by atoms with Crippen molar-refractivity contribution >= 4 is 5.82 Å². The summed E-state index contributed by atoms with van der Waals surface area (Å²) in [5.41, 5.74) is 0. The van der Waals surface area contributed by atoms with Crippen molar-refractivity contribution in [1.82, 2.24) is 20.2 Å². The van der Waals surface area contributed by atoms with Gasteiger partial charge in [0.2, 0.25) is 0 Å². The van der Waals surface area contributed by atoms with E-state index in [1.165, 1.54) is 0 Å². The molecule has 2 heterocycles. The topological polar surface area (TPSA) is 66.5 Å². The van der Waals surface area contributed by atoms with Gasteiger partial charge in [-0.05, 0) is 18.6 Å². The number of anilines is 1. The van der Waals surface area contributed by atoms with Crippen LogP contribution in [-0.2, 0) is 6.42 Å². The molecule has 2 aromatic heterocycles. The van der Waals surface area contributed by atoms with E-state index in [-0.39, 0.29) is 0 Å². The van der Waals surface area contributed by atoms with Gasteiger partial charge in [-0.2, -0.15) is 5.10 Å². The van der Waals surface area contributed by atoms with Crippen LogP contribution in [0.25, 0.3) is 0 Å². The number of H-pyrrole nitrogens is 1. The average Bonchev–Trinajstić information content (AvgIpc) is 2.79. The lowest BCUT2D eigenvalue weighted by molar-refractivity contribution is 0.811. The van der Waals surface area contributed by atoms with Gasteiger partial charge in [0.1, 0.15) is 11.6 Å². The summed E-state index contributed by atoms with van der Waals surface area (Å²) in [5, 5.41) is 10.9. The SMILES string of the molecule is c1cnnc(NCCCc2ncc[nH]2)c1. The van der Waals surface area contributed by atoms with Crippen LogP contribution in [0.2, 0.25) is 0 Å². The van der Waals surface area contributed by atoms with E-state index in [2.05, 4.69) is 25.5 Å². The lowest BCUT2D eigenvalue weighted by Crippen LogP contribution is -2.05. The van der Waals surface area contributed by atoms with Gasteiger partial charge in [0.15, 0.2) is 0 Å². The molecule has 2 N–H and O–H groups in total. The molecular weight excluding hydrogens is 190 g/mol. The molecule has 5 heteroatoms. The second-order valence-corrected chi connectivity index (χ2v) is 3.18. The van der Waals surface area contributed by atoms with Crippen molar-refractivity contribution in [2.45, 2.75) is 12.8 Å². The number of aromatic nitrogens is 4. The smallest absolute Gasteiger partial charge is 0.148 e. The molecule has 5 nitrogen and oxygen atoms in total. The van der Waals surface area contributed by atoms with Gasteiger partial charge in [0.25, 0.3) is 0 Å². The molecule has 0 aromatic carbocycles. The van der Waals surface area contributed by atoms with Gasteiger partial charge < -0.3 is 10.3 Å². The number of hydrogen-bond acceptors (Lipinski definition) is 4. The van der Waals surface area contributed by atoms with Crippen LogP contribution in [0.15, 0.2) is 30.7 Å². The summed E-state index contributed by atoms with van der Waals surface area (Å²) in [6, 6.07) is 3.77. The highest BCUT2D eigenvalue weighted by Crippen LogP contribution is 1.99. The van der Waals surface area contributed by atoms with Gasteiger partial charge in [0.05, 0.1) is 0 Å². The van der Waals surface area contributed by atoms with Gasteiger partial charge in [-0.25, -0.2) is 4.98 Å². The summed E-state index contributed by atoms with van der Waals surface area (Å²) in [7, 11) is 0. The van der Waals surface area contributed by atoms with E-state index in [1.807, 2.05) is 18.3 Å². The van der Waals surface area contributed by atoms with Crippen LogP contribution in [0.4, 0.5) is 5.82 Å². The predicted octanol–water partition coefficient (Wildman–Crippen LogP) is 1.24. The van der Waals surface area contributed by atoms with Gasteiger partial charge >= 0.3 is 0 Å². The Balaban J connectivity index is 1.68. The Morgan fingerprint density at radius 2 is 2.33 bits per heavy atom. The van der Waals surface area contributed by atoms with Gasteiger partial charge in [-0.15, -0.1) is 5.10 Å². The molecule has 2 rings (SSSR count). The Hall–Kier alpha value is -1.91. The van der Waals surface area contributed by atoms with Crippen LogP contribution < -0.4 is 5.32 Å². The van der Waals surface area contributed by atoms with Crippen molar-refractivity contribution < 1.29 is 0 Å². The summed E-state index contributed by atoms with van der Waals surface area (Å²) in [6.45, 7) is 0.874. The Labute approximate surface area is 88.0 Å². The fourth-order valence-corrected chi connectivity index (χ4v) is 1.30. The highest BCUT2D eigenvalue weighted by molar-refractivity contribution is 5.30. The molecule has 15 heavy (non-hydrogen) atoms. The summed E-state index contributed by atoms with van der Waals surface area (Å²) >= 11 is 0. The molecule has 0 saturated carbocycles. The summed E-state index contributed by atoms with van der Waals surface area (Å²) in [5.74, 6) is 1.84. The van der Waals surface area contributed by atoms with Crippen molar-refractivity contribution in [1.29, 1.82) is 0 Å². The summed E-state index contributed by atoms with van der Waals surface area (Å²) < 4.78 is 0. The van der Waals surface area contributed by atoms with Crippen LogP contribution in [0.5, 0.6) is 0 Å². The number of hydrogen-bond donors (Lipinski definition) is 2. The average molecular weight is 203 g/mol. The van der Waals surface area contributed by atoms with E-state index in [9.17, 15) is 0 Å². The fourth-order valence-electron chi connectivity index (χ4n) is 1.30. The number of nitrogens with one attached hydrogen (secondary N) is 2. The first-order valence-electron chi connectivity index (χ1n) is 4.95. The molecule has 0 saturated heterocycles. The van der Waals surface area contributed by atoms with Crippen molar-refractivity contribution in [3.8, 4) is 0 Å². The molecule has 0 unspecified atom stereocenters. The van der Waals surface area contributed by atoms with Crippen LogP contribution in [0.1, 0.15) is 12.2 Å². The second kappa shape index (κ2) is 5.09. The number of rotatable bonds is 5. The first kappa shape index (κ1) is 9.64. The highest BCUT2D eigenvalue weighted by atomic mass is 15.2. The van der Waals surface area contributed by atoms with Crippen LogP contribution >= 0.6 is 0 Å². The first-order valence-corrected chi connectivity index (χ1v) is 4.95. The molecule has 0 bridgehead atoms. The molecule has 0 atom stereocenters. The van der Waals surface area contributed by atoms with Crippen molar-refractivity contribution in [3.63, 3.8) is 0 Å². The monoisotopic (exact) mass is 203 g/mol. The van der Waals surface area contributed by atoms with Gasteiger partial charge in [0, 0.05) is 31.6 Å². The molecule has 0 aliphatic rings. The Morgan fingerprint density at radius 1 is 1.33 bits per heavy atom. The predicted molar refractivity (Wildman–Crippen MR) is 57.4 cm³/mol. The minimum Gasteiger partial charge on any atom is -0.369 e. The Bertz CT molecular complexity index is 370. The molecular formula is C10H13N5. The maximum atomic E-state index is 4.15. The Kier molecular flexibility index (Phi) is 3.27. The van der Waals surface area contributed by atoms with Gasteiger partial charge in [-0.3, -0.25) is 0 Å². The number of aromatic amines is 1. The van der Waals surface area contributed by atoms with E-state index < -0.39 is 0 Å². The zero-order chi connectivity index (χ0) is 10.3. The van der Waals surface area contributed by atoms with E-state index >= 15 is 0 Å². The molecule has 0 aliphatic heterocycles. The molecule has 0 aliphatic carbocycles. The normalized spacial score (nSPS) is 10.1. The molecule has 0 fully saturated rings. The number of aryl methyl sites for hydroxylation is 1. The third-order valence-corrected chi connectivity index (χ3v) is 2.02. The minimum atomic E-state index is 0.817. The summed E-state index contributed by atoms with van der Waals surface area (Å²) in [6.07, 6.45) is 7.23. The maximum Gasteiger partial charge on any atom is 0.148 e. The maximum absolute atomic E-state index is 4.15. The minimum absolute atomic E-state index is 0.817. The zero-order valence-electron chi connectivity index (χ0n) is 8.35. The summed E-state index contributed by atoms with van der Waals surface area (Å²) in [4.78, 5) is 7.22. The largest absolute Gasteiger partial charge is 0.369 e. The van der Waals surface area contributed by atoms with E-state index in [1.54, 1.807) is 12.4 Å². The standard InChI is InChI=1S/C10H13N5/c1(3-9-12-7-8-13-9)5-11-10-4-2-6-14-15-10/h2,4,6-8H,1,3,5H2,(H,11,15)(H,12,13). The van der Waals surface area contributed by atoms with Crippen LogP contribution in [0.3, 0.4) is 0 Å². The highest BCUT2D eigenvalue weighted by Gasteiger charge is 1.95. The van der Waals surface area contributed by atoms with Crippen molar-refractivity contribution in [2.75, 3.05) is 11.9 Å². The molecule has 78 valence electrons. The van der Waals surface area contributed by atoms with Gasteiger partial charge in [-0.1, -0.05) is 0 Å². The third-order valence-electron chi connectivity index (χ3n) is 2.02. The number of imidazole rings is 1. The Morgan fingerprint density at radius 3 is 3.07 bits per heavy atom. The molecule has 0 radical (unpaired) electrons. The fraction of sp³-hybridized carbons (Fsp3) is 0.300. The number of nitrogens with zero attached hydrogens (tertiary/aromatic N) is 3. The van der Waals surface area contributed by atoms with Crippen LogP contribution in [-0.4, -0.2) is 26.7 Å². The van der Waals surface area contributed by atoms with E-state index in [0.29, 0.717) is 0 Å². The second-order valence-electron chi connectivity index (χ2n) is 3.18. The molecule has 0 spiro atoms. The lowest BCUT2D eigenvalue weighted by Gasteiger charge is -2.02. The third kappa shape index (κ3) is 3.05. The van der Waals surface area contributed by atoms with Crippen molar-refractivity contribution in [2.24, 2.45) is 0 Å². The zero-order valence-corrected chi connectivity index (χ0v) is 8.35. The van der Waals surface area contributed by atoms with Crippen LogP contribution in [0, 0.1) is 0 Å². The lowest BCUT2D eigenvalue weighted by atomic mass is 10.3.